The second-order valence-electron chi connectivity index (χ2n) is 16.3. The predicted molar refractivity (Wildman–Crippen MR) is 207 cm³/mol. The zero-order valence-electron chi connectivity index (χ0n) is 32.0. The molecule has 0 spiro atoms. The quantitative estimate of drug-likeness (QED) is 0.204. The van der Waals surface area contributed by atoms with Crippen LogP contribution in [0.25, 0.3) is 5.57 Å². The van der Waals surface area contributed by atoms with Crippen LogP contribution in [0.15, 0.2) is 138 Å². The summed E-state index contributed by atoms with van der Waals surface area (Å²) < 4.78 is 1.42. The van der Waals surface area contributed by atoms with Gasteiger partial charge in [-0.15, -0.1) is 6.92 Å². The zero-order chi connectivity index (χ0) is 35.2. The van der Waals surface area contributed by atoms with Crippen LogP contribution in [0.2, 0.25) is 0 Å². The van der Waals surface area contributed by atoms with Gasteiger partial charge in [0.1, 0.15) is 0 Å². The Bertz CT molecular complexity index is 1880. The van der Waals surface area contributed by atoms with Gasteiger partial charge in [-0.05, 0) is 40.6 Å². The Morgan fingerprint density at radius 2 is 1.33 bits per heavy atom. The number of fused-ring (bicyclic) bond motifs is 6. The molecule has 0 amide bonds. The Labute approximate surface area is 336 Å². The summed E-state index contributed by atoms with van der Waals surface area (Å²) in [6, 6.07) is 38.5. The van der Waals surface area contributed by atoms with E-state index in [1.165, 1.54) is 68.1 Å². The largest absolute Gasteiger partial charge is 1.00 e. The molecule has 0 nitrogen and oxygen atoms in total. The molecule has 0 N–H and O–H groups in total. The van der Waals surface area contributed by atoms with Crippen LogP contribution in [0, 0.1) is 40.4 Å². The van der Waals surface area contributed by atoms with Crippen LogP contribution >= 0.6 is 0 Å². The fraction of sp³-hybridized carbons (Fsp3) is 0.354. The molecule has 4 aliphatic carbocycles. The minimum Gasteiger partial charge on any atom is -1.00 e. The van der Waals surface area contributed by atoms with Gasteiger partial charge >= 0.3 is 106 Å². The van der Waals surface area contributed by atoms with Gasteiger partial charge in [-0.3, -0.25) is 0 Å². The molecule has 2 unspecified atom stereocenters. The maximum absolute atomic E-state index is 2.62. The van der Waals surface area contributed by atoms with E-state index in [1.54, 1.807) is 28.2 Å². The number of halogens is 2. The maximum atomic E-state index is 2.62. The summed E-state index contributed by atoms with van der Waals surface area (Å²) in [4.78, 5) is 0. The summed E-state index contributed by atoms with van der Waals surface area (Å²) in [7, 11) is 0. The van der Waals surface area contributed by atoms with Crippen LogP contribution < -0.4 is 24.8 Å². The Kier molecular flexibility index (Phi) is 12.8. The van der Waals surface area contributed by atoms with Crippen LogP contribution in [0.4, 0.5) is 0 Å². The van der Waals surface area contributed by atoms with Crippen molar-refractivity contribution in [3.63, 3.8) is 0 Å². The molecule has 0 radical (unpaired) electrons. The Balaban J connectivity index is 0.000000222. The van der Waals surface area contributed by atoms with Crippen LogP contribution in [-0.2, 0) is 30.7 Å². The Morgan fingerprint density at radius 3 is 1.94 bits per heavy atom. The molecule has 4 aromatic rings. The van der Waals surface area contributed by atoms with Gasteiger partial charge in [0.25, 0.3) is 0 Å². The van der Waals surface area contributed by atoms with Crippen molar-refractivity contribution in [2.45, 2.75) is 81.6 Å². The molecule has 2 atom stereocenters. The average molecular weight is 793 g/mol. The summed E-state index contributed by atoms with van der Waals surface area (Å²) in [5, 5.41) is 0. The minimum atomic E-state index is 0. The SMILES string of the molecule is C[C-]1C2=C3Cc4ccccc4C3=C3C=CCCC3C2(C)C(C)(C)C(C)(C)C1(C)C.Cc1ccc([C](=[Zr+2])c2ccccc2)cc1.[Cl-].[Cl-].c1cc[cH-]c1. The first-order valence-electron chi connectivity index (χ1n) is 18.2. The standard InChI is InChI=1S/C29H37.C14H12.C5H5.2ClH.Zr/c1-18-25-22-17-19-13-9-10-14-20(19)24(22)21-15-11-12-16-23(21)29(25,8)28(6,7)27(4,5)26(18,2)3;1-12-7-9-14(10-8-12)11-13-5-3-2-4-6-13;1-2-4-5-3-1;;;/h9-11,13-15,23H,12,16-17H2,1-8H3;2-10H,1H3;1-5H;2*1H;/q-1;;-1;;;+2/p-2. The van der Waals surface area contributed by atoms with Gasteiger partial charge in [0, 0.05) is 0 Å². The van der Waals surface area contributed by atoms with Crippen molar-refractivity contribution in [3.8, 4) is 0 Å². The normalized spacial score (nSPS) is 22.6. The van der Waals surface area contributed by atoms with Gasteiger partial charge in [0.15, 0.2) is 0 Å². The van der Waals surface area contributed by atoms with E-state index in [9.17, 15) is 0 Å². The topological polar surface area (TPSA) is 0 Å². The molecule has 51 heavy (non-hydrogen) atoms. The molecular weight excluding hydrogens is 739 g/mol. The molecule has 0 saturated heterocycles. The number of rotatable bonds is 2. The van der Waals surface area contributed by atoms with Gasteiger partial charge in [0.2, 0.25) is 0 Å². The third kappa shape index (κ3) is 6.86. The molecule has 4 aromatic carbocycles. The summed E-state index contributed by atoms with van der Waals surface area (Å²) in [6.45, 7) is 22.4. The summed E-state index contributed by atoms with van der Waals surface area (Å²) in [5.41, 5.74) is 14.3. The van der Waals surface area contributed by atoms with Crippen LogP contribution in [0.5, 0.6) is 0 Å². The number of hydrogen-bond acceptors (Lipinski definition) is 0. The molecule has 0 aliphatic heterocycles. The van der Waals surface area contributed by atoms with Crippen LogP contribution in [0.3, 0.4) is 0 Å². The van der Waals surface area contributed by atoms with E-state index < -0.39 is 0 Å². The number of aryl methyl sites for hydroxylation is 1. The van der Waals surface area contributed by atoms with Crippen LogP contribution in [0.1, 0.15) is 96.0 Å². The molecule has 0 bridgehead atoms. The molecule has 3 heteroatoms. The number of hydrogen-bond donors (Lipinski definition) is 0. The number of benzene rings is 3. The second-order valence-corrected chi connectivity index (χ2v) is 17.6. The molecule has 8 rings (SSSR count). The predicted octanol–water partition coefficient (Wildman–Crippen LogP) is 6.49. The van der Waals surface area contributed by atoms with E-state index in [0.29, 0.717) is 5.92 Å². The second kappa shape index (κ2) is 15.8. The summed E-state index contributed by atoms with van der Waals surface area (Å²) >= 11 is 1.46. The van der Waals surface area contributed by atoms with Gasteiger partial charge < -0.3 is 24.8 Å². The van der Waals surface area contributed by atoms with Gasteiger partial charge in [0.05, 0.1) is 0 Å². The smallest absolute Gasteiger partial charge is 0.172 e. The van der Waals surface area contributed by atoms with Crippen molar-refractivity contribution in [2.24, 2.45) is 27.6 Å². The third-order valence-electron chi connectivity index (χ3n) is 13.8. The molecule has 0 heterocycles. The van der Waals surface area contributed by atoms with E-state index >= 15 is 0 Å². The summed E-state index contributed by atoms with van der Waals surface area (Å²) in [5.74, 6) is 2.24. The molecule has 0 aromatic heterocycles. The molecule has 1 saturated carbocycles. The average Bonchev–Trinajstić information content (AvgIpc) is 3.81. The Morgan fingerprint density at radius 1 is 0.745 bits per heavy atom. The van der Waals surface area contributed by atoms with Gasteiger partial charge in [-0.2, -0.15) is 29.3 Å². The van der Waals surface area contributed by atoms with Crippen molar-refractivity contribution in [1.29, 1.82) is 0 Å². The van der Waals surface area contributed by atoms with Crippen molar-refractivity contribution in [2.75, 3.05) is 0 Å². The van der Waals surface area contributed by atoms with Crippen LogP contribution in [-0.4, -0.2) is 3.21 Å². The first kappa shape index (κ1) is 41.2. The first-order valence-corrected chi connectivity index (χ1v) is 19.4. The fourth-order valence-electron chi connectivity index (χ4n) is 9.38. The first-order chi connectivity index (χ1) is 23.2. The molecule has 266 valence electrons. The van der Waals surface area contributed by atoms with Crippen molar-refractivity contribution in [3.05, 3.63) is 172 Å². The summed E-state index contributed by atoms with van der Waals surface area (Å²) in [6.07, 6.45) is 8.50. The van der Waals surface area contributed by atoms with E-state index in [4.69, 9.17) is 0 Å². The third-order valence-corrected chi connectivity index (χ3v) is 15.2. The van der Waals surface area contributed by atoms with E-state index in [-0.39, 0.29) is 46.5 Å². The number of allylic oxidation sites excluding steroid dienone is 6. The zero-order valence-corrected chi connectivity index (χ0v) is 36.0. The van der Waals surface area contributed by atoms with Crippen molar-refractivity contribution >= 4 is 8.78 Å². The van der Waals surface area contributed by atoms with E-state index in [0.717, 1.165) is 6.42 Å². The molecule has 4 aliphatic rings. The van der Waals surface area contributed by atoms with E-state index in [1.807, 2.05) is 30.3 Å². The molecular formula is C48H54Cl2Zr-2. The van der Waals surface area contributed by atoms with Crippen molar-refractivity contribution in [1.82, 2.24) is 0 Å². The van der Waals surface area contributed by atoms with Gasteiger partial charge in [-0.1, -0.05) is 113 Å². The van der Waals surface area contributed by atoms with Gasteiger partial charge in [-0.25, -0.2) is 18.1 Å². The monoisotopic (exact) mass is 790 g/mol. The maximum Gasteiger partial charge on any atom is -0.172 e. The molecule has 1 fully saturated rings. The fourth-order valence-corrected chi connectivity index (χ4v) is 10.2. The van der Waals surface area contributed by atoms with E-state index in [2.05, 4.69) is 153 Å². The Hall–Kier alpha value is -2.57. The van der Waals surface area contributed by atoms with Crippen molar-refractivity contribution < 1.29 is 49.0 Å². The minimum absolute atomic E-state index is 0.